The van der Waals surface area contributed by atoms with Crippen LogP contribution in [0.4, 0.5) is 4.79 Å². The lowest BCUT2D eigenvalue weighted by atomic mass is 10.1. The molecule has 1 saturated heterocycles. The molecule has 0 bridgehead atoms. The lowest BCUT2D eigenvalue weighted by molar-refractivity contribution is 0.111. The highest BCUT2D eigenvalue weighted by Crippen LogP contribution is 2.22. The zero-order valence-electron chi connectivity index (χ0n) is 15.9. The molecule has 0 aliphatic carbocycles. The Labute approximate surface area is 180 Å². The monoisotopic (exact) mass is 456 g/mol. The van der Waals surface area contributed by atoms with E-state index in [1.54, 1.807) is 29.2 Å². The second-order valence-corrected chi connectivity index (χ2v) is 9.80. The van der Waals surface area contributed by atoms with Gasteiger partial charge in [-0.1, -0.05) is 29.3 Å². The molecule has 0 unspecified atom stereocenters. The molecule has 2 aromatic carbocycles. The topological polar surface area (TPSA) is 75.7 Å². The number of hydrogen-bond acceptors (Lipinski definition) is 4. The van der Waals surface area contributed by atoms with Gasteiger partial charge < -0.3 is 15.0 Å². The second kappa shape index (κ2) is 9.24. The third kappa shape index (κ3) is 6.01. The molecule has 1 fully saturated rings. The van der Waals surface area contributed by atoms with Crippen molar-refractivity contribution in [3.63, 3.8) is 0 Å². The highest BCUT2D eigenvalue weighted by Gasteiger charge is 2.24. The Balaban J connectivity index is 1.52. The van der Waals surface area contributed by atoms with Gasteiger partial charge in [0.25, 0.3) is 0 Å². The summed E-state index contributed by atoms with van der Waals surface area (Å²) in [6.45, 7) is 1.23. The maximum absolute atomic E-state index is 12.5. The summed E-state index contributed by atoms with van der Waals surface area (Å²) in [7, 11) is -3.44. The summed E-state index contributed by atoms with van der Waals surface area (Å²) in [6, 6.07) is 11.6. The molecule has 6 nitrogen and oxygen atoms in total. The Hall–Kier alpha value is -1.96. The number of nitrogens with zero attached hydrogens (tertiary/aromatic N) is 1. The number of hydrogen-bond donors (Lipinski definition) is 1. The fourth-order valence-corrected chi connectivity index (χ4v) is 4.50. The summed E-state index contributed by atoms with van der Waals surface area (Å²) in [5.74, 6) is 0.758. The van der Waals surface area contributed by atoms with Gasteiger partial charge in [-0.3, -0.25) is 0 Å². The van der Waals surface area contributed by atoms with Crippen LogP contribution < -0.4 is 10.1 Å². The van der Waals surface area contributed by atoms with Crippen molar-refractivity contribution in [1.29, 1.82) is 0 Å². The van der Waals surface area contributed by atoms with Crippen molar-refractivity contribution in [1.82, 2.24) is 10.2 Å². The molecule has 2 amide bonds. The van der Waals surface area contributed by atoms with Gasteiger partial charge in [0.15, 0.2) is 9.84 Å². The fourth-order valence-electron chi connectivity index (χ4n) is 3.18. The van der Waals surface area contributed by atoms with Crippen molar-refractivity contribution >= 4 is 39.1 Å². The molecule has 1 aliphatic heterocycles. The van der Waals surface area contributed by atoms with Crippen LogP contribution >= 0.6 is 23.2 Å². The van der Waals surface area contributed by atoms with Crippen molar-refractivity contribution in [2.45, 2.75) is 30.4 Å². The summed E-state index contributed by atoms with van der Waals surface area (Å²) >= 11 is 11.8. The van der Waals surface area contributed by atoms with E-state index in [4.69, 9.17) is 27.9 Å². The number of ether oxygens (including phenoxy) is 1. The first-order chi connectivity index (χ1) is 13.7. The molecule has 156 valence electrons. The van der Waals surface area contributed by atoms with E-state index in [1.807, 2.05) is 12.1 Å². The highest BCUT2D eigenvalue weighted by molar-refractivity contribution is 7.90. The summed E-state index contributed by atoms with van der Waals surface area (Å²) in [5, 5.41) is 3.79. The van der Waals surface area contributed by atoms with Crippen molar-refractivity contribution in [3.8, 4) is 5.75 Å². The Kier molecular flexibility index (Phi) is 6.93. The Morgan fingerprint density at radius 3 is 2.34 bits per heavy atom. The lowest BCUT2D eigenvalue weighted by Gasteiger charge is -2.32. The first-order valence-electron chi connectivity index (χ1n) is 9.16. The van der Waals surface area contributed by atoms with Crippen molar-refractivity contribution in [2.75, 3.05) is 19.3 Å². The largest absolute Gasteiger partial charge is 0.490 e. The molecule has 29 heavy (non-hydrogen) atoms. The SMILES string of the molecule is CS(=O)(=O)c1cc(Cl)ccc1CNC(=O)N1CCC(Oc2ccc(Cl)cc2)CC1. The number of sulfone groups is 1. The Morgan fingerprint density at radius 1 is 1.10 bits per heavy atom. The summed E-state index contributed by atoms with van der Waals surface area (Å²) in [6.07, 6.45) is 2.58. The van der Waals surface area contributed by atoms with Gasteiger partial charge in [-0.15, -0.1) is 0 Å². The van der Waals surface area contributed by atoms with E-state index in [0.29, 0.717) is 41.5 Å². The van der Waals surface area contributed by atoms with Crippen LogP contribution in [0.2, 0.25) is 10.0 Å². The minimum absolute atomic E-state index is 0.0355. The van der Waals surface area contributed by atoms with Crippen molar-refractivity contribution in [2.24, 2.45) is 0 Å². The maximum atomic E-state index is 12.5. The standard InChI is InChI=1S/C20H22Cl2N2O4S/c1-29(26,27)19-12-16(22)3-2-14(19)13-23-20(25)24-10-8-18(9-11-24)28-17-6-4-15(21)5-7-17/h2-7,12,18H,8-11,13H2,1H3,(H,23,25). The fraction of sp³-hybridized carbons (Fsp3) is 0.350. The average Bonchev–Trinajstić information content (AvgIpc) is 2.68. The quantitative estimate of drug-likeness (QED) is 0.732. The third-order valence-corrected chi connectivity index (χ3v) is 6.37. The average molecular weight is 457 g/mol. The van der Waals surface area contributed by atoms with Gasteiger partial charge in [-0.25, -0.2) is 13.2 Å². The van der Waals surface area contributed by atoms with Gasteiger partial charge in [0, 0.05) is 48.8 Å². The molecule has 9 heteroatoms. The molecule has 1 heterocycles. The van der Waals surface area contributed by atoms with Gasteiger partial charge in [0.2, 0.25) is 0 Å². The molecular formula is C20H22Cl2N2O4S. The lowest BCUT2D eigenvalue weighted by Crippen LogP contribution is -2.46. The van der Waals surface area contributed by atoms with Gasteiger partial charge in [0.1, 0.15) is 11.9 Å². The van der Waals surface area contributed by atoms with E-state index in [-0.39, 0.29) is 23.6 Å². The zero-order valence-corrected chi connectivity index (χ0v) is 18.2. The third-order valence-electron chi connectivity index (χ3n) is 4.70. The van der Waals surface area contributed by atoms with Crippen LogP contribution in [0.1, 0.15) is 18.4 Å². The molecule has 0 aromatic heterocycles. The molecule has 1 aliphatic rings. The number of halogens is 2. The number of piperidine rings is 1. The first-order valence-corrected chi connectivity index (χ1v) is 11.8. The van der Waals surface area contributed by atoms with Crippen molar-refractivity contribution in [3.05, 3.63) is 58.1 Å². The number of benzene rings is 2. The van der Waals surface area contributed by atoms with Crippen LogP contribution in [0.15, 0.2) is 47.4 Å². The van der Waals surface area contributed by atoms with E-state index in [2.05, 4.69) is 5.32 Å². The zero-order chi connectivity index (χ0) is 21.0. The van der Waals surface area contributed by atoms with E-state index >= 15 is 0 Å². The number of likely N-dealkylation sites (tertiary alicyclic amines) is 1. The van der Waals surface area contributed by atoms with Crippen LogP contribution in [0.3, 0.4) is 0 Å². The number of urea groups is 1. The van der Waals surface area contributed by atoms with E-state index in [1.165, 1.54) is 6.07 Å². The maximum Gasteiger partial charge on any atom is 0.317 e. The molecule has 0 saturated carbocycles. The van der Waals surface area contributed by atoms with Crippen molar-refractivity contribution < 1.29 is 17.9 Å². The number of carbonyl (C=O) groups is 1. The van der Waals surface area contributed by atoms with Gasteiger partial charge in [-0.05, 0) is 42.0 Å². The number of nitrogens with one attached hydrogen (secondary N) is 1. The Morgan fingerprint density at radius 2 is 1.72 bits per heavy atom. The number of amides is 2. The van der Waals surface area contributed by atoms with E-state index < -0.39 is 9.84 Å². The van der Waals surface area contributed by atoms with Gasteiger partial charge in [0.05, 0.1) is 4.90 Å². The minimum Gasteiger partial charge on any atom is -0.490 e. The minimum atomic E-state index is -3.44. The van der Waals surface area contributed by atoms with E-state index in [9.17, 15) is 13.2 Å². The van der Waals surface area contributed by atoms with Crippen LogP contribution in [-0.4, -0.2) is 44.8 Å². The molecule has 1 N–H and O–H groups in total. The van der Waals surface area contributed by atoms with E-state index in [0.717, 1.165) is 12.0 Å². The Bertz CT molecular complexity index is 972. The van der Waals surface area contributed by atoms with Gasteiger partial charge in [-0.2, -0.15) is 0 Å². The molecule has 0 atom stereocenters. The number of carbonyl (C=O) groups excluding carboxylic acids is 1. The van der Waals surface area contributed by atoms with Crippen LogP contribution in [-0.2, 0) is 16.4 Å². The molecule has 3 rings (SSSR count). The molecule has 0 radical (unpaired) electrons. The summed E-state index contributed by atoms with van der Waals surface area (Å²) < 4.78 is 29.8. The normalized spacial score (nSPS) is 15.2. The van der Waals surface area contributed by atoms with Crippen LogP contribution in [0, 0.1) is 0 Å². The predicted molar refractivity (Wildman–Crippen MR) is 113 cm³/mol. The summed E-state index contributed by atoms with van der Waals surface area (Å²) in [5.41, 5.74) is 0.506. The second-order valence-electron chi connectivity index (χ2n) is 6.94. The molecule has 0 spiro atoms. The molecule has 2 aromatic rings. The highest BCUT2D eigenvalue weighted by atomic mass is 35.5. The molecular weight excluding hydrogens is 435 g/mol. The van der Waals surface area contributed by atoms with Crippen LogP contribution in [0.25, 0.3) is 0 Å². The van der Waals surface area contributed by atoms with Gasteiger partial charge >= 0.3 is 6.03 Å². The predicted octanol–water partition coefficient (Wildman–Crippen LogP) is 4.15. The first kappa shape index (κ1) is 21.7. The summed E-state index contributed by atoms with van der Waals surface area (Å²) in [4.78, 5) is 14.3. The number of rotatable bonds is 5. The van der Waals surface area contributed by atoms with Crippen LogP contribution in [0.5, 0.6) is 5.75 Å². The smallest absolute Gasteiger partial charge is 0.317 e.